The summed E-state index contributed by atoms with van der Waals surface area (Å²) in [6.07, 6.45) is 0. The smallest absolute Gasteiger partial charge is 0.357 e. The SMILES string of the molecule is COC(=O)c1c(-c2ccc(OC)c(OCc3c(F)cccc3Cl)c2)nn(-c2ccccc2)c1C(=O)OC. The average molecular weight is 525 g/mol. The zero-order chi connectivity index (χ0) is 26.5. The van der Waals surface area contributed by atoms with Crippen LogP contribution in [0.15, 0.2) is 66.7 Å². The van der Waals surface area contributed by atoms with Crippen LogP contribution in [0.4, 0.5) is 4.39 Å². The van der Waals surface area contributed by atoms with E-state index in [0.29, 0.717) is 17.0 Å². The van der Waals surface area contributed by atoms with E-state index < -0.39 is 17.8 Å². The molecule has 0 spiro atoms. The van der Waals surface area contributed by atoms with Crippen LogP contribution in [0, 0.1) is 5.82 Å². The minimum Gasteiger partial charge on any atom is -0.493 e. The van der Waals surface area contributed by atoms with Gasteiger partial charge in [-0.25, -0.2) is 18.7 Å². The number of methoxy groups -OCH3 is 3. The molecular formula is C27H22ClFN2O6. The lowest BCUT2D eigenvalue weighted by Gasteiger charge is -2.13. The number of aromatic nitrogens is 2. The molecule has 0 N–H and O–H groups in total. The molecule has 0 aliphatic carbocycles. The monoisotopic (exact) mass is 524 g/mol. The Morgan fingerprint density at radius 2 is 1.65 bits per heavy atom. The molecule has 37 heavy (non-hydrogen) atoms. The zero-order valence-electron chi connectivity index (χ0n) is 20.2. The molecule has 0 radical (unpaired) electrons. The first kappa shape index (κ1) is 25.7. The summed E-state index contributed by atoms with van der Waals surface area (Å²) < 4.78 is 36.8. The first-order valence-corrected chi connectivity index (χ1v) is 11.4. The maximum absolute atomic E-state index is 14.3. The highest BCUT2D eigenvalue weighted by Crippen LogP contribution is 2.36. The third-order valence-corrected chi connectivity index (χ3v) is 5.88. The Balaban J connectivity index is 1.86. The van der Waals surface area contributed by atoms with Crippen LogP contribution in [-0.4, -0.2) is 43.0 Å². The second-order valence-electron chi connectivity index (χ2n) is 7.66. The van der Waals surface area contributed by atoms with Gasteiger partial charge in [-0.3, -0.25) is 0 Å². The van der Waals surface area contributed by atoms with Crippen molar-refractivity contribution in [2.24, 2.45) is 0 Å². The standard InChI is InChI=1S/C27H22ClFN2O6/c1-34-21-13-12-16(14-22(21)37-15-18-19(28)10-7-11-20(18)29)24-23(26(32)35-2)25(27(33)36-3)31(30-24)17-8-5-4-6-9-17/h4-14H,15H2,1-3H3. The van der Waals surface area contributed by atoms with Crippen LogP contribution in [0.25, 0.3) is 16.9 Å². The number of carbonyl (C=O) groups is 2. The minimum atomic E-state index is -0.783. The van der Waals surface area contributed by atoms with Gasteiger partial charge in [-0.05, 0) is 42.5 Å². The van der Waals surface area contributed by atoms with E-state index in [9.17, 15) is 14.0 Å². The molecule has 0 aliphatic heterocycles. The van der Waals surface area contributed by atoms with Gasteiger partial charge in [0.1, 0.15) is 23.7 Å². The van der Waals surface area contributed by atoms with E-state index in [2.05, 4.69) is 5.10 Å². The molecule has 0 saturated carbocycles. The van der Waals surface area contributed by atoms with Gasteiger partial charge in [0.05, 0.1) is 32.0 Å². The number of para-hydroxylation sites is 1. The van der Waals surface area contributed by atoms with Gasteiger partial charge < -0.3 is 18.9 Å². The van der Waals surface area contributed by atoms with Crippen molar-refractivity contribution in [3.63, 3.8) is 0 Å². The number of esters is 2. The van der Waals surface area contributed by atoms with Crippen molar-refractivity contribution in [2.45, 2.75) is 6.61 Å². The molecular weight excluding hydrogens is 503 g/mol. The summed E-state index contributed by atoms with van der Waals surface area (Å²) in [5.74, 6) is -1.48. The first-order chi connectivity index (χ1) is 17.9. The number of nitrogens with zero attached hydrogens (tertiary/aromatic N) is 2. The van der Waals surface area contributed by atoms with Gasteiger partial charge in [-0.1, -0.05) is 35.9 Å². The van der Waals surface area contributed by atoms with Crippen molar-refractivity contribution >= 4 is 23.5 Å². The second kappa shape index (κ2) is 11.1. The lowest BCUT2D eigenvalue weighted by atomic mass is 10.0. The summed E-state index contributed by atoms with van der Waals surface area (Å²) in [7, 11) is 3.86. The zero-order valence-corrected chi connectivity index (χ0v) is 20.9. The van der Waals surface area contributed by atoms with Crippen molar-refractivity contribution in [3.05, 3.63) is 94.4 Å². The number of halogens is 2. The highest BCUT2D eigenvalue weighted by Gasteiger charge is 2.31. The molecule has 1 aromatic heterocycles. The molecule has 0 atom stereocenters. The fourth-order valence-electron chi connectivity index (χ4n) is 3.71. The van der Waals surface area contributed by atoms with E-state index in [1.54, 1.807) is 48.5 Å². The van der Waals surface area contributed by atoms with Gasteiger partial charge in [-0.15, -0.1) is 0 Å². The number of carbonyl (C=O) groups excluding carboxylic acids is 2. The maximum atomic E-state index is 14.3. The Bertz CT molecular complexity index is 1430. The van der Waals surface area contributed by atoms with Gasteiger partial charge in [0.15, 0.2) is 17.2 Å². The van der Waals surface area contributed by atoms with Crippen molar-refractivity contribution in [2.75, 3.05) is 21.3 Å². The van der Waals surface area contributed by atoms with Gasteiger partial charge in [-0.2, -0.15) is 5.10 Å². The number of ether oxygens (including phenoxy) is 4. The molecule has 10 heteroatoms. The Morgan fingerprint density at radius 3 is 2.30 bits per heavy atom. The van der Waals surface area contributed by atoms with E-state index in [1.165, 1.54) is 38.1 Å². The molecule has 0 unspecified atom stereocenters. The maximum Gasteiger partial charge on any atom is 0.357 e. The summed E-state index contributed by atoms with van der Waals surface area (Å²) in [6, 6.07) is 18.0. The normalized spacial score (nSPS) is 10.6. The van der Waals surface area contributed by atoms with Crippen LogP contribution < -0.4 is 9.47 Å². The Morgan fingerprint density at radius 1 is 0.919 bits per heavy atom. The van der Waals surface area contributed by atoms with Crippen molar-refractivity contribution < 1.29 is 32.9 Å². The third-order valence-electron chi connectivity index (χ3n) is 5.53. The molecule has 4 rings (SSSR count). The van der Waals surface area contributed by atoms with Crippen LogP contribution >= 0.6 is 11.6 Å². The average Bonchev–Trinajstić information content (AvgIpc) is 3.33. The van der Waals surface area contributed by atoms with Crippen LogP contribution in [0.2, 0.25) is 5.02 Å². The van der Waals surface area contributed by atoms with E-state index >= 15 is 0 Å². The lowest BCUT2D eigenvalue weighted by molar-refractivity contribution is 0.0549. The number of hydrogen-bond acceptors (Lipinski definition) is 7. The Kier molecular flexibility index (Phi) is 7.74. The van der Waals surface area contributed by atoms with Gasteiger partial charge in [0.2, 0.25) is 0 Å². The fourth-order valence-corrected chi connectivity index (χ4v) is 3.93. The number of rotatable bonds is 8. The van der Waals surface area contributed by atoms with Crippen LogP contribution in [0.5, 0.6) is 11.5 Å². The number of benzene rings is 3. The van der Waals surface area contributed by atoms with Crippen LogP contribution in [0.3, 0.4) is 0 Å². The molecule has 0 amide bonds. The Hall–Kier alpha value is -4.37. The van der Waals surface area contributed by atoms with Crippen LogP contribution in [0.1, 0.15) is 26.4 Å². The Labute approximate surface area is 217 Å². The summed E-state index contributed by atoms with van der Waals surface area (Å²) in [4.78, 5) is 25.7. The second-order valence-corrected chi connectivity index (χ2v) is 8.06. The minimum absolute atomic E-state index is 0.0912. The third kappa shape index (κ3) is 5.12. The lowest BCUT2D eigenvalue weighted by Crippen LogP contribution is -2.15. The van der Waals surface area contributed by atoms with E-state index in [4.69, 9.17) is 30.5 Å². The molecule has 3 aromatic carbocycles. The summed E-state index contributed by atoms with van der Waals surface area (Å²) in [6.45, 7) is -0.180. The van der Waals surface area contributed by atoms with E-state index in [0.717, 1.165) is 0 Å². The number of hydrogen-bond donors (Lipinski definition) is 0. The van der Waals surface area contributed by atoms with Gasteiger partial charge >= 0.3 is 11.9 Å². The van der Waals surface area contributed by atoms with Gasteiger partial charge in [0, 0.05) is 11.1 Å². The first-order valence-electron chi connectivity index (χ1n) is 11.0. The van der Waals surface area contributed by atoms with Crippen molar-refractivity contribution in [1.82, 2.24) is 9.78 Å². The highest BCUT2D eigenvalue weighted by atomic mass is 35.5. The van der Waals surface area contributed by atoms with E-state index in [1.807, 2.05) is 6.07 Å². The molecule has 0 bridgehead atoms. The quantitative estimate of drug-likeness (QED) is 0.281. The van der Waals surface area contributed by atoms with Crippen LogP contribution in [-0.2, 0) is 16.1 Å². The molecule has 1 heterocycles. The topological polar surface area (TPSA) is 88.9 Å². The largest absolute Gasteiger partial charge is 0.493 e. The fraction of sp³-hybridized carbons (Fsp3) is 0.148. The molecule has 190 valence electrons. The summed E-state index contributed by atoms with van der Waals surface area (Å²) in [5.41, 5.74) is 1.06. The molecule has 0 aliphatic rings. The molecule has 8 nitrogen and oxygen atoms in total. The predicted octanol–water partition coefficient (Wildman–Crippen LogP) is 5.49. The highest BCUT2D eigenvalue weighted by molar-refractivity contribution is 6.31. The molecule has 0 saturated heterocycles. The predicted molar refractivity (Wildman–Crippen MR) is 134 cm³/mol. The van der Waals surface area contributed by atoms with Gasteiger partial charge in [0.25, 0.3) is 0 Å². The van der Waals surface area contributed by atoms with Crippen molar-refractivity contribution in [1.29, 1.82) is 0 Å². The summed E-state index contributed by atoms with van der Waals surface area (Å²) in [5, 5.41) is 4.78. The molecule has 0 fully saturated rings. The van der Waals surface area contributed by atoms with Crippen molar-refractivity contribution in [3.8, 4) is 28.4 Å². The summed E-state index contributed by atoms with van der Waals surface area (Å²) >= 11 is 6.13. The van der Waals surface area contributed by atoms with E-state index in [-0.39, 0.29) is 39.9 Å². The molecule has 4 aromatic rings.